The summed E-state index contributed by atoms with van der Waals surface area (Å²) >= 11 is 0. The topological polar surface area (TPSA) is 56.1 Å². The normalized spacial score (nSPS) is 25.0. The summed E-state index contributed by atoms with van der Waals surface area (Å²) in [5.74, 6) is -0.677. The van der Waals surface area contributed by atoms with E-state index in [0.29, 0.717) is 24.9 Å². The largest absolute Gasteiger partial charge is 0.417 e. The lowest BCUT2D eigenvalue weighted by molar-refractivity contribution is -0.300. The molecule has 1 fully saturated rings. The molecule has 1 heterocycles. The summed E-state index contributed by atoms with van der Waals surface area (Å²) < 4.78 is 81.1. The molecule has 6 rings (SSSR count). The number of nitrogens with zero attached hydrogens (tertiary/aromatic N) is 2. The minimum absolute atomic E-state index is 0.114. The van der Waals surface area contributed by atoms with Crippen LogP contribution >= 0.6 is 0 Å². The highest BCUT2D eigenvalue weighted by molar-refractivity contribution is 7.82. The summed E-state index contributed by atoms with van der Waals surface area (Å²) in [6.45, 7) is 0.190. The number of fused-ring (bicyclic) bond motifs is 4. The fourth-order valence-corrected chi connectivity index (χ4v) is 7.46. The molecule has 4 atom stereocenters. The molecule has 222 valence electrons. The molecule has 5 nitrogen and oxygen atoms in total. The third kappa shape index (κ3) is 5.29. The van der Waals surface area contributed by atoms with Crippen LogP contribution in [0.25, 0.3) is 16.6 Å². The predicted octanol–water partition coefficient (Wildman–Crippen LogP) is 6.94. The minimum atomic E-state index is -4.54. The van der Waals surface area contributed by atoms with Crippen LogP contribution in [0.3, 0.4) is 0 Å². The van der Waals surface area contributed by atoms with Crippen molar-refractivity contribution in [1.82, 2.24) is 14.5 Å². The van der Waals surface area contributed by atoms with E-state index in [1.807, 2.05) is 6.07 Å². The molecule has 0 bridgehead atoms. The van der Waals surface area contributed by atoms with Gasteiger partial charge in [0.25, 0.3) is 0 Å². The lowest BCUT2D eigenvalue weighted by Crippen LogP contribution is -2.58. The zero-order chi connectivity index (χ0) is 29.5. The summed E-state index contributed by atoms with van der Waals surface area (Å²) in [6.07, 6.45) is 0.659. The van der Waals surface area contributed by atoms with Crippen LogP contribution in [0.2, 0.25) is 0 Å². The average Bonchev–Trinajstić information content (AvgIpc) is 3.31. The van der Waals surface area contributed by atoms with Crippen molar-refractivity contribution in [3.05, 3.63) is 95.4 Å². The molecule has 2 aliphatic rings. The Morgan fingerprint density at radius 1 is 1.10 bits per heavy atom. The number of aryl methyl sites for hydroxylation is 1. The number of benzene rings is 3. The van der Waals surface area contributed by atoms with Gasteiger partial charge in [-0.3, -0.25) is 0 Å². The van der Waals surface area contributed by atoms with Gasteiger partial charge >= 0.3 is 6.18 Å². The van der Waals surface area contributed by atoms with E-state index in [4.69, 9.17) is 4.74 Å². The number of halogens is 4. The van der Waals surface area contributed by atoms with Crippen LogP contribution in [0.15, 0.2) is 72.9 Å². The van der Waals surface area contributed by atoms with E-state index in [-0.39, 0.29) is 37.6 Å². The Balaban J connectivity index is 1.41. The van der Waals surface area contributed by atoms with Gasteiger partial charge in [-0.25, -0.2) is 18.0 Å². The molecule has 3 aromatic carbocycles. The van der Waals surface area contributed by atoms with Gasteiger partial charge in [-0.2, -0.15) is 18.3 Å². The van der Waals surface area contributed by atoms with E-state index in [0.717, 1.165) is 34.1 Å². The van der Waals surface area contributed by atoms with Crippen molar-refractivity contribution in [3.8, 4) is 5.69 Å². The van der Waals surface area contributed by atoms with Gasteiger partial charge in [0.15, 0.2) is 5.60 Å². The molecule has 4 aromatic rings. The molecule has 2 unspecified atom stereocenters. The number of hydrogen-bond acceptors (Lipinski definition) is 3. The lowest BCUT2D eigenvalue weighted by Gasteiger charge is -2.52. The lowest BCUT2D eigenvalue weighted by atomic mass is 9.57. The van der Waals surface area contributed by atoms with Crippen LogP contribution in [0.1, 0.15) is 48.8 Å². The van der Waals surface area contributed by atoms with E-state index >= 15 is 0 Å². The molecule has 2 aliphatic carbocycles. The fraction of sp³-hybridized carbons (Fsp3) is 0.406. The van der Waals surface area contributed by atoms with Crippen molar-refractivity contribution >= 4 is 21.9 Å². The van der Waals surface area contributed by atoms with Gasteiger partial charge in [0, 0.05) is 23.6 Å². The van der Waals surface area contributed by atoms with Crippen molar-refractivity contribution in [2.24, 2.45) is 5.92 Å². The molecule has 10 heteroatoms. The zero-order valence-electron chi connectivity index (χ0n) is 23.3. The Labute approximate surface area is 244 Å². The van der Waals surface area contributed by atoms with E-state index in [2.05, 4.69) is 22.0 Å². The first kappa shape index (κ1) is 29.0. The molecule has 1 saturated carbocycles. The summed E-state index contributed by atoms with van der Waals surface area (Å²) in [4.78, 5) is 0. The van der Waals surface area contributed by atoms with Crippen LogP contribution in [-0.2, 0) is 34.2 Å². The van der Waals surface area contributed by atoms with Crippen molar-refractivity contribution in [3.63, 3.8) is 0 Å². The molecular formula is C32H33F4N3O2S. The summed E-state index contributed by atoms with van der Waals surface area (Å²) in [6, 6.07) is 19.2. The van der Waals surface area contributed by atoms with Gasteiger partial charge in [-0.1, -0.05) is 30.3 Å². The predicted molar refractivity (Wildman–Crippen MR) is 155 cm³/mol. The number of hydrogen-bond donors (Lipinski definition) is 1. The highest BCUT2D eigenvalue weighted by atomic mass is 32.2. The molecule has 0 amide bonds. The molecular weight excluding hydrogens is 566 g/mol. The van der Waals surface area contributed by atoms with Gasteiger partial charge < -0.3 is 4.74 Å². The van der Waals surface area contributed by atoms with E-state index in [1.54, 1.807) is 53.5 Å². The second-order valence-electron chi connectivity index (χ2n) is 11.6. The smallest absolute Gasteiger partial charge is 0.361 e. The van der Waals surface area contributed by atoms with Gasteiger partial charge in [0.1, 0.15) is 5.82 Å². The van der Waals surface area contributed by atoms with Crippen molar-refractivity contribution < 1.29 is 26.5 Å². The number of ether oxygens (including phenoxy) is 1. The van der Waals surface area contributed by atoms with Crippen molar-refractivity contribution in [1.29, 1.82) is 0 Å². The molecule has 0 aliphatic heterocycles. The molecule has 1 aromatic heterocycles. The van der Waals surface area contributed by atoms with Crippen molar-refractivity contribution in [2.75, 3.05) is 12.8 Å². The Morgan fingerprint density at radius 3 is 2.57 bits per heavy atom. The first-order chi connectivity index (χ1) is 20.1. The summed E-state index contributed by atoms with van der Waals surface area (Å²) in [5.41, 5.74) is 1.41. The molecule has 1 N–H and O–H groups in total. The Bertz CT molecular complexity index is 1590. The maximum atomic E-state index is 14.9. The Morgan fingerprint density at radius 2 is 1.86 bits per heavy atom. The van der Waals surface area contributed by atoms with Crippen LogP contribution in [0.4, 0.5) is 17.6 Å². The highest BCUT2D eigenvalue weighted by Crippen LogP contribution is 2.57. The van der Waals surface area contributed by atoms with Gasteiger partial charge in [-0.15, -0.1) is 0 Å². The third-order valence-electron chi connectivity index (χ3n) is 9.20. The minimum Gasteiger partial charge on any atom is -0.361 e. The standard InChI is InChI=1S/C32H33F4N3O2S/c1-42(40)38-21-30-14-15-31(32(34,35)36,41-20-22-6-3-2-4-7-22)18-25(30)9-5-8-23-17-29-24(16-28(23)30)19-37-39(29)27-12-10-26(33)11-13-27/h2-4,6-7,10-13,16-17,19,25,38H,5,8-9,14-15,18,20-21H2,1H3/t25-,30?,31-,42?/m1/s1. The van der Waals surface area contributed by atoms with E-state index < -0.39 is 28.2 Å². The first-order valence-corrected chi connectivity index (χ1v) is 15.7. The number of nitrogens with one attached hydrogen (secondary N) is 1. The average molecular weight is 600 g/mol. The van der Waals surface area contributed by atoms with E-state index in [1.165, 1.54) is 12.1 Å². The maximum absolute atomic E-state index is 14.9. The third-order valence-corrected chi connectivity index (χ3v) is 9.75. The van der Waals surface area contributed by atoms with Gasteiger partial charge in [0.05, 0.1) is 35.0 Å². The Kier molecular flexibility index (Phi) is 7.74. The first-order valence-electron chi connectivity index (χ1n) is 14.2. The monoisotopic (exact) mass is 599 g/mol. The van der Waals surface area contributed by atoms with Crippen LogP contribution in [-0.4, -0.2) is 38.6 Å². The highest BCUT2D eigenvalue weighted by Gasteiger charge is 2.62. The summed E-state index contributed by atoms with van der Waals surface area (Å²) in [7, 11) is -1.34. The number of alkyl halides is 3. The second kappa shape index (κ2) is 11.2. The van der Waals surface area contributed by atoms with Crippen molar-refractivity contribution in [2.45, 2.75) is 62.3 Å². The second-order valence-corrected chi connectivity index (χ2v) is 12.8. The van der Waals surface area contributed by atoms with Crippen LogP contribution < -0.4 is 4.72 Å². The SMILES string of the molecule is CS(=O)NCC12CC[C@](OCc3ccccc3)(C(F)(F)F)C[C@H]1CCCc1cc3c(cnn3-c3ccc(F)cc3)cc12. The fourth-order valence-electron chi connectivity index (χ4n) is 7.00. The molecule has 0 saturated heterocycles. The molecule has 0 spiro atoms. The number of aromatic nitrogens is 2. The van der Waals surface area contributed by atoms with Crippen LogP contribution in [0.5, 0.6) is 0 Å². The molecule has 0 radical (unpaired) electrons. The zero-order valence-corrected chi connectivity index (χ0v) is 24.1. The van der Waals surface area contributed by atoms with Crippen LogP contribution in [0, 0.1) is 11.7 Å². The Hall–Kier alpha value is -3.08. The maximum Gasteiger partial charge on any atom is 0.417 e. The van der Waals surface area contributed by atoms with Gasteiger partial charge in [0.2, 0.25) is 0 Å². The van der Waals surface area contributed by atoms with Gasteiger partial charge in [-0.05, 0) is 97.5 Å². The van der Waals surface area contributed by atoms with E-state index in [9.17, 15) is 21.8 Å². The molecule has 42 heavy (non-hydrogen) atoms. The quantitative estimate of drug-likeness (QED) is 0.234. The summed E-state index contributed by atoms with van der Waals surface area (Å²) in [5, 5.41) is 5.41. The number of rotatable bonds is 7.